The van der Waals surface area contributed by atoms with E-state index in [2.05, 4.69) is 39.9 Å². The van der Waals surface area contributed by atoms with E-state index in [1.165, 1.54) is 10.9 Å². The lowest BCUT2D eigenvalue weighted by Gasteiger charge is -2.38. The van der Waals surface area contributed by atoms with Crippen LogP contribution >= 0.6 is 11.3 Å². The van der Waals surface area contributed by atoms with E-state index in [4.69, 9.17) is 4.98 Å². The van der Waals surface area contributed by atoms with Gasteiger partial charge in [0, 0.05) is 45.5 Å². The van der Waals surface area contributed by atoms with Gasteiger partial charge in [-0.25, -0.2) is 18.4 Å². The molecule has 0 N–H and O–H groups in total. The number of aromatic nitrogens is 2. The quantitative estimate of drug-likeness (QED) is 0.585. The van der Waals surface area contributed by atoms with Gasteiger partial charge in [-0.3, -0.25) is 4.90 Å². The SMILES string of the molecule is CC(c1nc2ccccc2s1)N1CCN(c2ccc(S(=O)(=O)N3CCCC3)cn2)CC1. The van der Waals surface area contributed by atoms with Gasteiger partial charge in [0.25, 0.3) is 0 Å². The van der Waals surface area contributed by atoms with Crippen LogP contribution < -0.4 is 4.90 Å². The molecule has 9 heteroatoms. The topological polar surface area (TPSA) is 69.6 Å². The minimum absolute atomic E-state index is 0.278. The first-order chi connectivity index (χ1) is 15.0. The number of thiazole rings is 1. The van der Waals surface area contributed by atoms with Gasteiger partial charge < -0.3 is 4.90 Å². The van der Waals surface area contributed by atoms with Gasteiger partial charge in [-0.15, -0.1) is 11.3 Å². The number of benzene rings is 1. The summed E-state index contributed by atoms with van der Waals surface area (Å²) in [4.78, 5) is 14.3. The van der Waals surface area contributed by atoms with Gasteiger partial charge in [0.05, 0.1) is 16.3 Å². The molecule has 2 aliphatic heterocycles. The predicted molar refractivity (Wildman–Crippen MR) is 124 cm³/mol. The Morgan fingerprint density at radius 1 is 0.968 bits per heavy atom. The molecule has 0 spiro atoms. The van der Waals surface area contributed by atoms with Gasteiger partial charge in [0.2, 0.25) is 10.0 Å². The monoisotopic (exact) mass is 457 g/mol. The van der Waals surface area contributed by atoms with E-state index in [1.54, 1.807) is 21.7 Å². The second kappa shape index (κ2) is 8.46. The number of para-hydroxylation sites is 1. The van der Waals surface area contributed by atoms with Crippen LogP contribution in [0.2, 0.25) is 0 Å². The van der Waals surface area contributed by atoms with E-state index in [0.29, 0.717) is 18.0 Å². The molecular weight excluding hydrogens is 430 g/mol. The summed E-state index contributed by atoms with van der Waals surface area (Å²) >= 11 is 1.77. The van der Waals surface area contributed by atoms with Crippen LogP contribution in [0, 0.1) is 0 Å². The summed E-state index contributed by atoms with van der Waals surface area (Å²) in [5.74, 6) is 0.840. The van der Waals surface area contributed by atoms with Gasteiger partial charge >= 0.3 is 0 Å². The third-order valence-corrected chi connectivity index (χ3v) is 9.37. The molecule has 31 heavy (non-hydrogen) atoms. The molecule has 0 saturated carbocycles. The highest BCUT2D eigenvalue weighted by atomic mass is 32.2. The van der Waals surface area contributed by atoms with E-state index in [-0.39, 0.29) is 6.04 Å². The Bertz CT molecular complexity index is 1120. The number of sulfonamides is 1. The number of anilines is 1. The second-order valence-electron chi connectivity index (χ2n) is 8.18. The van der Waals surface area contributed by atoms with Crippen LogP contribution in [0.25, 0.3) is 10.2 Å². The lowest BCUT2D eigenvalue weighted by molar-refractivity contribution is 0.198. The largest absolute Gasteiger partial charge is 0.354 e. The third kappa shape index (κ3) is 4.07. The molecule has 0 amide bonds. The molecule has 2 aromatic heterocycles. The van der Waals surface area contributed by atoms with E-state index in [1.807, 2.05) is 12.1 Å². The number of pyridine rings is 1. The van der Waals surface area contributed by atoms with Crippen LogP contribution in [0.3, 0.4) is 0 Å². The first-order valence-corrected chi connectivity index (χ1v) is 13.1. The van der Waals surface area contributed by atoms with Crippen LogP contribution in [-0.2, 0) is 10.0 Å². The first kappa shape index (κ1) is 20.8. The molecule has 1 unspecified atom stereocenters. The number of hydrogen-bond acceptors (Lipinski definition) is 7. The summed E-state index contributed by atoms with van der Waals surface area (Å²) in [6, 6.07) is 12.1. The Balaban J connectivity index is 1.23. The fraction of sp³-hybridized carbons (Fsp3) is 0.455. The molecule has 0 aliphatic carbocycles. The molecule has 0 radical (unpaired) electrons. The number of rotatable bonds is 5. The second-order valence-corrected chi connectivity index (χ2v) is 11.2. The van der Waals surface area contributed by atoms with Crippen molar-refractivity contribution in [2.45, 2.75) is 30.7 Å². The summed E-state index contributed by atoms with van der Waals surface area (Å²) in [5, 5.41) is 1.16. The Kier molecular flexibility index (Phi) is 5.68. The van der Waals surface area contributed by atoms with Gasteiger partial charge in [-0.2, -0.15) is 4.31 Å². The number of piperazine rings is 1. The van der Waals surface area contributed by atoms with E-state index < -0.39 is 10.0 Å². The molecule has 1 aromatic carbocycles. The van der Waals surface area contributed by atoms with Crippen molar-refractivity contribution in [2.75, 3.05) is 44.2 Å². The highest BCUT2D eigenvalue weighted by Gasteiger charge is 2.28. The molecule has 3 aromatic rings. The minimum Gasteiger partial charge on any atom is -0.354 e. The Morgan fingerprint density at radius 3 is 2.39 bits per heavy atom. The maximum absolute atomic E-state index is 12.7. The standard InChI is InChI=1S/C22H27N5O2S2/c1-17(22-24-19-6-2-3-7-20(19)30-22)25-12-14-26(15-13-25)21-9-8-18(16-23-21)31(28,29)27-10-4-5-11-27/h2-3,6-9,16-17H,4-5,10-15H2,1H3. The number of hydrogen-bond donors (Lipinski definition) is 0. The fourth-order valence-electron chi connectivity index (χ4n) is 4.35. The zero-order valence-corrected chi connectivity index (χ0v) is 19.3. The Morgan fingerprint density at radius 2 is 1.71 bits per heavy atom. The summed E-state index contributed by atoms with van der Waals surface area (Å²) in [6.45, 7) is 7.02. The molecule has 164 valence electrons. The van der Waals surface area contributed by atoms with Crippen molar-refractivity contribution in [1.82, 2.24) is 19.2 Å². The molecule has 7 nitrogen and oxygen atoms in total. The van der Waals surface area contributed by atoms with E-state index in [9.17, 15) is 8.42 Å². The normalized spacial score (nSPS) is 19.8. The smallest absolute Gasteiger partial charge is 0.244 e. The lowest BCUT2D eigenvalue weighted by atomic mass is 10.2. The zero-order valence-electron chi connectivity index (χ0n) is 17.6. The third-order valence-electron chi connectivity index (χ3n) is 6.28. The zero-order chi connectivity index (χ0) is 21.4. The maximum atomic E-state index is 12.7. The van der Waals surface area contributed by atoms with Gasteiger partial charge in [0.1, 0.15) is 15.7 Å². The van der Waals surface area contributed by atoms with E-state index in [0.717, 1.165) is 55.4 Å². The maximum Gasteiger partial charge on any atom is 0.244 e. The average molecular weight is 458 g/mol. The average Bonchev–Trinajstić information content (AvgIpc) is 3.49. The summed E-state index contributed by atoms with van der Waals surface area (Å²) in [6.07, 6.45) is 3.38. The fourth-order valence-corrected chi connectivity index (χ4v) is 6.87. The van der Waals surface area contributed by atoms with Gasteiger partial charge in [0.15, 0.2) is 0 Å². The highest BCUT2D eigenvalue weighted by Crippen LogP contribution is 2.30. The van der Waals surface area contributed by atoms with Crippen LogP contribution in [0.5, 0.6) is 0 Å². The minimum atomic E-state index is -3.41. The molecule has 2 fully saturated rings. The van der Waals surface area contributed by atoms with Crippen molar-refractivity contribution in [3.8, 4) is 0 Å². The summed E-state index contributed by atoms with van der Waals surface area (Å²) in [7, 11) is -3.41. The van der Waals surface area contributed by atoms with Crippen LogP contribution in [0.1, 0.15) is 30.8 Å². The molecule has 4 heterocycles. The van der Waals surface area contributed by atoms with E-state index >= 15 is 0 Å². The highest BCUT2D eigenvalue weighted by molar-refractivity contribution is 7.89. The molecule has 5 rings (SSSR count). The van der Waals surface area contributed by atoms with Crippen LogP contribution in [0.4, 0.5) is 5.82 Å². The Labute approximate surface area is 187 Å². The first-order valence-electron chi connectivity index (χ1n) is 10.8. The number of nitrogens with zero attached hydrogens (tertiary/aromatic N) is 5. The predicted octanol–water partition coefficient (Wildman–Crippen LogP) is 3.36. The van der Waals surface area contributed by atoms with Crippen molar-refractivity contribution in [3.05, 3.63) is 47.6 Å². The van der Waals surface area contributed by atoms with Crippen LogP contribution in [-0.4, -0.2) is 66.9 Å². The van der Waals surface area contributed by atoms with Crippen molar-refractivity contribution in [3.63, 3.8) is 0 Å². The van der Waals surface area contributed by atoms with Gasteiger partial charge in [-0.1, -0.05) is 12.1 Å². The molecule has 1 atom stereocenters. The molecule has 0 bridgehead atoms. The number of fused-ring (bicyclic) bond motifs is 1. The van der Waals surface area contributed by atoms with Crippen molar-refractivity contribution < 1.29 is 8.42 Å². The summed E-state index contributed by atoms with van der Waals surface area (Å²) < 4.78 is 28.2. The molecular formula is C22H27N5O2S2. The molecule has 2 aliphatic rings. The van der Waals surface area contributed by atoms with Crippen molar-refractivity contribution >= 4 is 37.4 Å². The van der Waals surface area contributed by atoms with Crippen LogP contribution in [0.15, 0.2) is 47.5 Å². The van der Waals surface area contributed by atoms with Gasteiger partial charge in [-0.05, 0) is 44.0 Å². The summed E-state index contributed by atoms with van der Waals surface area (Å²) in [5.41, 5.74) is 1.07. The Hall–Kier alpha value is -2.07. The van der Waals surface area contributed by atoms with Crippen molar-refractivity contribution in [2.24, 2.45) is 0 Å². The molecule has 2 saturated heterocycles. The lowest BCUT2D eigenvalue weighted by Crippen LogP contribution is -2.47. The van der Waals surface area contributed by atoms with Crippen molar-refractivity contribution in [1.29, 1.82) is 0 Å².